The van der Waals surface area contributed by atoms with Crippen molar-refractivity contribution in [2.24, 2.45) is 0 Å². The average Bonchev–Trinajstić information content (AvgIpc) is 2.38. The Kier molecular flexibility index (Phi) is 4.66. The van der Waals surface area contributed by atoms with E-state index >= 15 is 0 Å². The van der Waals surface area contributed by atoms with E-state index in [-0.39, 0.29) is 12.2 Å². The van der Waals surface area contributed by atoms with Crippen LogP contribution in [-0.4, -0.2) is 40.5 Å². The van der Waals surface area contributed by atoms with Gasteiger partial charge in [-0.3, -0.25) is 9.78 Å². The standard InChI is InChI=1S/C11H11F3N2O4/c1-2-20-9(18)10(19,11(12,13)14)16-8(17)7-3-5-15-6-4-7/h3-6,19H,2H2,1H3,(H,16,17)/t10-/m1/s1. The molecule has 0 aliphatic heterocycles. The highest BCUT2D eigenvalue weighted by molar-refractivity contribution is 5.97. The van der Waals surface area contributed by atoms with Gasteiger partial charge in [0, 0.05) is 18.0 Å². The fourth-order valence-electron chi connectivity index (χ4n) is 1.21. The molecule has 20 heavy (non-hydrogen) atoms. The first-order valence-corrected chi connectivity index (χ1v) is 5.41. The number of carbonyl (C=O) groups is 2. The zero-order valence-corrected chi connectivity index (χ0v) is 10.3. The van der Waals surface area contributed by atoms with E-state index in [0.717, 1.165) is 12.1 Å². The molecule has 0 radical (unpaired) electrons. The summed E-state index contributed by atoms with van der Waals surface area (Å²) in [4.78, 5) is 26.4. The molecule has 1 heterocycles. The maximum absolute atomic E-state index is 12.8. The lowest BCUT2D eigenvalue weighted by atomic mass is 10.1. The predicted molar refractivity (Wildman–Crippen MR) is 59.3 cm³/mol. The molecule has 0 bridgehead atoms. The van der Waals surface area contributed by atoms with Crippen LogP contribution in [0.15, 0.2) is 24.5 Å². The lowest BCUT2D eigenvalue weighted by molar-refractivity contribution is -0.269. The van der Waals surface area contributed by atoms with Crippen LogP contribution in [0.1, 0.15) is 17.3 Å². The number of nitrogens with one attached hydrogen (secondary N) is 1. The highest BCUT2D eigenvalue weighted by atomic mass is 19.4. The Labute approximate surface area is 111 Å². The maximum Gasteiger partial charge on any atom is 0.448 e. The lowest BCUT2D eigenvalue weighted by Crippen LogP contribution is -2.64. The molecule has 1 aromatic heterocycles. The van der Waals surface area contributed by atoms with Crippen LogP contribution in [0.3, 0.4) is 0 Å². The van der Waals surface area contributed by atoms with Gasteiger partial charge in [0.15, 0.2) is 0 Å². The van der Waals surface area contributed by atoms with Crippen molar-refractivity contribution in [2.45, 2.75) is 18.8 Å². The number of alkyl halides is 3. The van der Waals surface area contributed by atoms with Crippen LogP contribution in [0.25, 0.3) is 0 Å². The third-order valence-electron chi connectivity index (χ3n) is 2.22. The zero-order chi connectivity index (χ0) is 15.4. The molecule has 110 valence electrons. The molecule has 9 heteroatoms. The predicted octanol–water partition coefficient (Wildman–Crippen LogP) is 0.625. The Bertz CT molecular complexity index is 492. The third-order valence-corrected chi connectivity index (χ3v) is 2.22. The first-order valence-electron chi connectivity index (χ1n) is 5.41. The molecule has 1 rings (SSSR count). The molecule has 0 fully saturated rings. The van der Waals surface area contributed by atoms with Gasteiger partial charge < -0.3 is 15.2 Å². The maximum atomic E-state index is 12.8. The summed E-state index contributed by atoms with van der Waals surface area (Å²) >= 11 is 0. The highest BCUT2D eigenvalue weighted by Crippen LogP contribution is 2.29. The van der Waals surface area contributed by atoms with Gasteiger partial charge in [-0.05, 0) is 19.1 Å². The summed E-state index contributed by atoms with van der Waals surface area (Å²) in [5.74, 6) is -3.30. The fourth-order valence-corrected chi connectivity index (χ4v) is 1.21. The summed E-state index contributed by atoms with van der Waals surface area (Å²) in [6, 6.07) is 2.24. The van der Waals surface area contributed by atoms with Gasteiger partial charge in [0.1, 0.15) is 0 Å². The highest BCUT2D eigenvalue weighted by Gasteiger charge is 2.62. The molecule has 0 aliphatic rings. The van der Waals surface area contributed by atoms with E-state index in [4.69, 9.17) is 0 Å². The number of carbonyl (C=O) groups excluding carboxylic acids is 2. The van der Waals surface area contributed by atoms with E-state index in [0.29, 0.717) is 0 Å². The SMILES string of the molecule is CCOC(=O)[C@](O)(NC(=O)c1ccncc1)C(F)(F)F. The van der Waals surface area contributed by atoms with Crippen LogP contribution in [0.5, 0.6) is 0 Å². The fraction of sp³-hybridized carbons (Fsp3) is 0.364. The molecule has 6 nitrogen and oxygen atoms in total. The second-order valence-corrected chi connectivity index (χ2v) is 3.62. The second kappa shape index (κ2) is 5.87. The molecule has 0 spiro atoms. The molecule has 0 aliphatic carbocycles. The summed E-state index contributed by atoms with van der Waals surface area (Å²) in [7, 11) is 0. The van der Waals surface area contributed by atoms with Gasteiger partial charge in [-0.25, -0.2) is 4.79 Å². The number of hydrogen-bond acceptors (Lipinski definition) is 5. The average molecular weight is 292 g/mol. The third kappa shape index (κ3) is 3.23. The van der Waals surface area contributed by atoms with Crippen LogP contribution >= 0.6 is 0 Å². The Morgan fingerprint density at radius 2 is 1.90 bits per heavy atom. The number of nitrogens with zero attached hydrogens (tertiary/aromatic N) is 1. The summed E-state index contributed by atoms with van der Waals surface area (Å²) < 4.78 is 42.5. The van der Waals surface area contributed by atoms with E-state index in [1.54, 1.807) is 0 Å². The zero-order valence-electron chi connectivity index (χ0n) is 10.3. The number of pyridine rings is 1. The smallest absolute Gasteiger partial charge is 0.448 e. The summed E-state index contributed by atoms with van der Waals surface area (Å²) in [6.45, 7) is 0.877. The number of aliphatic hydroxyl groups is 1. The van der Waals surface area contributed by atoms with E-state index in [9.17, 15) is 27.9 Å². The van der Waals surface area contributed by atoms with Crippen LogP contribution in [0.2, 0.25) is 0 Å². The number of amides is 1. The molecule has 0 aromatic carbocycles. The Morgan fingerprint density at radius 3 is 2.35 bits per heavy atom. The van der Waals surface area contributed by atoms with E-state index in [1.165, 1.54) is 24.6 Å². The summed E-state index contributed by atoms with van der Waals surface area (Å²) in [6.07, 6.45) is -3.08. The van der Waals surface area contributed by atoms with E-state index in [2.05, 4.69) is 9.72 Å². The molecule has 0 unspecified atom stereocenters. The summed E-state index contributed by atoms with van der Waals surface area (Å²) in [5.41, 5.74) is -4.31. The molecule has 1 aromatic rings. The van der Waals surface area contributed by atoms with Crippen molar-refractivity contribution in [3.63, 3.8) is 0 Å². The second-order valence-electron chi connectivity index (χ2n) is 3.62. The van der Waals surface area contributed by atoms with Crippen LogP contribution in [0.4, 0.5) is 13.2 Å². The quantitative estimate of drug-likeness (QED) is 0.627. The van der Waals surface area contributed by atoms with Crippen LogP contribution in [-0.2, 0) is 9.53 Å². The van der Waals surface area contributed by atoms with Crippen molar-refractivity contribution in [3.8, 4) is 0 Å². The Balaban J connectivity index is 3.03. The molecule has 1 atom stereocenters. The number of halogens is 3. The molecule has 1 amide bonds. The number of esters is 1. The molecular weight excluding hydrogens is 281 g/mol. The number of hydrogen-bond donors (Lipinski definition) is 2. The first kappa shape index (κ1) is 15.9. The Morgan fingerprint density at radius 1 is 1.35 bits per heavy atom. The molecule has 0 saturated carbocycles. The first-order chi connectivity index (χ1) is 9.22. The van der Waals surface area contributed by atoms with Crippen LogP contribution < -0.4 is 5.32 Å². The van der Waals surface area contributed by atoms with Crippen molar-refractivity contribution in [2.75, 3.05) is 6.61 Å². The number of rotatable bonds is 4. The van der Waals surface area contributed by atoms with Crippen molar-refractivity contribution in [1.29, 1.82) is 0 Å². The van der Waals surface area contributed by atoms with E-state index < -0.39 is 23.8 Å². The van der Waals surface area contributed by atoms with Gasteiger partial charge in [0.2, 0.25) is 0 Å². The number of aromatic nitrogens is 1. The Hall–Kier alpha value is -2.16. The minimum Gasteiger partial charge on any atom is -0.462 e. The van der Waals surface area contributed by atoms with Gasteiger partial charge >= 0.3 is 17.9 Å². The largest absolute Gasteiger partial charge is 0.462 e. The van der Waals surface area contributed by atoms with Gasteiger partial charge in [-0.2, -0.15) is 13.2 Å². The normalized spacial score (nSPS) is 14.2. The van der Waals surface area contributed by atoms with Gasteiger partial charge in [0.05, 0.1) is 6.61 Å². The molecular formula is C11H11F3N2O4. The monoisotopic (exact) mass is 292 g/mol. The van der Waals surface area contributed by atoms with Gasteiger partial charge in [-0.1, -0.05) is 0 Å². The van der Waals surface area contributed by atoms with Gasteiger partial charge in [-0.15, -0.1) is 0 Å². The minimum absolute atomic E-state index is 0.202. The lowest BCUT2D eigenvalue weighted by Gasteiger charge is -2.28. The van der Waals surface area contributed by atoms with Crippen molar-refractivity contribution < 1.29 is 32.6 Å². The van der Waals surface area contributed by atoms with Crippen molar-refractivity contribution in [1.82, 2.24) is 10.3 Å². The van der Waals surface area contributed by atoms with Crippen LogP contribution in [0, 0.1) is 0 Å². The topological polar surface area (TPSA) is 88.5 Å². The minimum atomic E-state index is -5.43. The molecule has 2 N–H and O–H groups in total. The van der Waals surface area contributed by atoms with Crippen molar-refractivity contribution in [3.05, 3.63) is 30.1 Å². The number of ether oxygens (including phenoxy) is 1. The van der Waals surface area contributed by atoms with E-state index in [1.807, 2.05) is 0 Å². The van der Waals surface area contributed by atoms with Crippen molar-refractivity contribution >= 4 is 11.9 Å². The molecule has 0 saturated heterocycles. The van der Waals surface area contributed by atoms with Gasteiger partial charge in [0.25, 0.3) is 5.91 Å². The summed E-state index contributed by atoms with van der Waals surface area (Å²) in [5, 5.41) is 10.7.